The van der Waals surface area contributed by atoms with E-state index in [2.05, 4.69) is 51.9 Å². The number of likely N-dealkylation sites (N-methyl/N-ethyl adjacent to an activating group) is 2. The molecule has 1 aliphatic carbocycles. The average Bonchev–Trinajstić information content (AvgIpc) is 2.41. The second-order valence-electron chi connectivity index (χ2n) is 6.68. The van der Waals surface area contributed by atoms with E-state index in [1.807, 2.05) is 0 Å². The van der Waals surface area contributed by atoms with Crippen molar-refractivity contribution in [3.8, 4) is 0 Å². The predicted molar refractivity (Wildman–Crippen MR) is 85.6 cm³/mol. The maximum absolute atomic E-state index is 3.69. The first kappa shape index (κ1) is 17.0. The van der Waals surface area contributed by atoms with Crippen LogP contribution in [0.1, 0.15) is 66.7 Å². The van der Waals surface area contributed by atoms with Crippen LogP contribution in [0.2, 0.25) is 0 Å². The number of nitrogens with one attached hydrogen (secondary N) is 1. The Bertz CT molecular complexity index is 250. The van der Waals surface area contributed by atoms with E-state index in [9.17, 15) is 0 Å². The van der Waals surface area contributed by atoms with Crippen LogP contribution < -0.4 is 5.32 Å². The second kappa shape index (κ2) is 7.64. The molecule has 2 heteroatoms. The van der Waals surface area contributed by atoms with Crippen LogP contribution in [-0.2, 0) is 0 Å². The molecule has 1 fully saturated rings. The average molecular weight is 268 g/mol. The van der Waals surface area contributed by atoms with Crippen molar-refractivity contribution in [2.45, 2.75) is 78.3 Å². The maximum Gasteiger partial charge on any atom is 0.0334 e. The molecular formula is C17H36N2. The van der Waals surface area contributed by atoms with Gasteiger partial charge in [-0.15, -0.1) is 0 Å². The minimum absolute atomic E-state index is 0.292. The van der Waals surface area contributed by atoms with E-state index in [1.54, 1.807) is 0 Å². The summed E-state index contributed by atoms with van der Waals surface area (Å²) >= 11 is 0. The standard InChI is InChI=1S/C17H36N2/c1-7-17(5,19(8-2)9-3)16(18-6)15-12-10-11-14(4)13-15/h14-16,18H,7-13H2,1-6H3. The van der Waals surface area contributed by atoms with Crippen molar-refractivity contribution in [1.82, 2.24) is 10.2 Å². The lowest BCUT2D eigenvalue weighted by Crippen LogP contribution is -2.61. The van der Waals surface area contributed by atoms with Gasteiger partial charge in [0.1, 0.15) is 0 Å². The van der Waals surface area contributed by atoms with Crippen LogP contribution >= 0.6 is 0 Å². The summed E-state index contributed by atoms with van der Waals surface area (Å²) in [5, 5.41) is 3.69. The van der Waals surface area contributed by atoms with Gasteiger partial charge in [0.15, 0.2) is 0 Å². The van der Waals surface area contributed by atoms with Gasteiger partial charge in [0.25, 0.3) is 0 Å². The molecule has 0 aromatic rings. The highest BCUT2D eigenvalue weighted by Gasteiger charge is 2.41. The quantitative estimate of drug-likeness (QED) is 0.753. The van der Waals surface area contributed by atoms with Gasteiger partial charge < -0.3 is 5.32 Å². The van der Waals surface area contributed by atoms with E-state index in [-0.39, 0.29) is 0 Å². The summed E-state index contributed by atoms with van der Waals surface area (Å²) in [7, 11) is 2.17. The zero-order valence-electron chi connectivity index (χ0n) is 14.1. The summed E-state index contributed by atoms with van der Waals surface area (Å²) in [4.78, 5) is 2.66. The highest BCUT2D eigenvalue weighted by molar-refractivity contribution is 4.99. The van der Waals surface area contributed by atoms with Crippen molar-refractivity contribution in [1.29, 1.82) is 0 Å². The molecule has 0 spiro atoms. The highest BCUT2D eigenvalue weighted by atomic mass is 15.2. The van der Waals surface area contributed by atoms with Gasteiger partial charge in [-0.2, -0.15) is 0 Å². The number of hydrogen-bond donors (Lipinski definition) is 1. The molecule has 0 heterocycles. The molecule has 4 atom stereocenters. The van der Waals surface area contributed by atoms with E-state index < -0.39 is 0 Å². The normalized spacial score (nSPS) is 29.2. The molecule has 1 saturated carbocycles. The molecule has 4 unspecified atom stereocenters. The zero-order chi connectivity index (χ0) is 14.5. The van der Waals surface area contributed by atoms with E-state index >= 15 is 0 Å². The van der Waals surface area contributed by atoms with E-state index in [4.69, 9.17) is 0 Å². The molecular weight excluding hydrogens is 232 g/mol. The zero-order valence-corrected chi connectivity index (χ0v) is 14.1. The first-order chi connectivity index (χ1) is 9.03. The Morgan fingerprint density at radius 1 is 1.21 bits per heavy atom. The van der Waals surface area contributed by atoms with Gasteiger partial charge in [0.05, 0.1) is 0 Å². The number of nitrogens with zero attached hydrogens (tertiary/aromatic N) is 1. The fourth-order valence-electron chi connectivity index (χ4n) is 4.42. The molecule has 2 nitrogen and oxygen atoms in total. The largest absolute Gasteiger partial charge is 0.315 e. The lowest BCUT2D eigenvalue weighted by Gasteiger charge is -2.50. The summed E-state index contributed by atoms with van der Waals surface area (Å²) in [5.74, 6) is 1.76. The van der Waals surface area contributed by atoms with Crippen molar-refractivity contribution in [3.05, 3.63) is 0 Å². The van der Waals surface area contributed by atoms with Crippen LogP contribution in [-0.4, -0.2) is 36.6 Å². The number of rotatable bonds is 7. The fraction of sp³-hybridized carbons (Fsp3) is 1.00. The van der Waals surface area contributed by atoms with Crippen molar-refractivity contribution in [2.24, 2.45) is 11.8 Å². The smallest absolute Gasteiger partial charge is 0.0334 e. The molecule has 0 radical (unpaired) electrons. The summed E-state index contributed by atoms with van der Waals surface area (Å²) in [6.07, 6.45) is 6.89. The van der Waals surface area contributed by atoms with Crippen LogP contribution in [0.25, 0.3) is 0 Å². The van der Waals surface area contributed by atoms with Gasteiger partial charge in [-0.3, -0.25) is 4.90 Å². The Morgan fingerprint density at radius 3 is 2.26 bits per heavy atom. The Hall–Kier alpha value is -0.0800. The fourth-order valence-corrected chi connectivity index (χ4v) is 4.42. The Morgan fingerprint density at radius 2 is 1.84 bits per heavy atom. The molecule has 0 aromatic heterocycles. The van der Waals surface area contributed by atoms with Crippen molar-refractivity contribution in [3.63, 3.8) is 0 Å². The van der Waals surface area contributed by atoms with Gasteiger partial charge in [-0.25, -0.2) is 0 Å². The summed E-state index contributed by atoms with van der Waals surface area (Å²) in [6.45, 7) is 14.2. The second-order valence-corrected chi connectivity index (χ2v) is 6.68. The molecule has 0 amide bonds. The van der Waals surface area contributed by atoms with E-state index in [0.29, 0.717) is 11.6 Å². The number of hydrogen-bond acceptors (Lipinski definition) is 2. The van der Waals surface area contributed by atoms with Crippen LogP contribution in [0.5, 0.6) is 0 Å². The molecule has 0 saturated heterocycles. The lowest BCUT2D eigenvalue weighted by atomic mass is 9.71. The van der Waals surface area contributed by atoms with Gasteiger partial charge >= 0.3 is 0 Å². The van der Waals surface area contributed by atoms with Crippen molar-refractivity contribution < 1.29 is 0 Å². The highest BCUT2D eigenvalue weighted by Crippen LogP contribution is 2.37. The summed E-state index contributed by atoms with van der Waals surface area (Å²) in [5.41, 5.74) is 0.292. The molecule has 0 bridgehead atoms. The van der Waals surface area contributed by atoms with Crippen LogP contribution in [0.4, 0.5) is 0 Å². The Balaban J connectivity index is 2.90. The first-order valence-electron chi connectivity index (χ1n) is 8.45. The van der Waals surface area contributed by atoms with Crippen LogP contribution in [0, 0.1) is 11.8 Å². The first-order valence-corrected chi connectivity index (χ1v) is 8.45. The SMILES string of the molecule is CCN(CC)C(C)(CC)C(NC)C1CCCC(C)C1. The van der Waals surface area contributed by atoms with Gasteiger partial charge in [-0.05, 0) is 58.2 Å². The van der Waals surface area contributed by atoms with Crippen molar-refractivity contribution in [2.75, 3.05) is 20.1 Å². The summed E-state index contributed by atoms with van der Waals surface area (Å²) in [6, 6.07) is 0.625. The Labute approximate surface area is 121 Å². The molecule has 114 valence electrons. The molecule has 0 aromatic carbocycles. The molecule has 1 aliphatic rings. The summed E-state index contributed by atoms with van der Waals surface area (Å²) < 4.78 is 0. The monoisotopic (exact) mass is 268 g/mol. The minimum Gasteiger partial charge on any atom is -0.315 e. The third-order valence-corrected chi connectivity index (χ3v) is 5.63. The van der Waals surface area contributed by atoms with E-state index in [0.717, 1.165) is 24.9 Å². The maximum atomic E-state index is 3.69. The molecule has 1 N–H and O–H groups in total. The third kappa shape index (κ3) is 3.72. The predicted octanol–water partition coefficient (Wildman–Crippen LogP) is 3.91. The van der Waals surface area contributed by atoms with Gasteiger partial charge in [0, 0.05) is 11.6 Å². The van der Waals surface area contributed by atoms with Crippen LogP contribution in [0.15, 0.2) is 0 Å². The van der Waals surface area contributed by atoms with Crippen LogP contribution in [0.3, 0.4) is 0 Å². The molecule has 1 rings (SSSR count). The molecule has 19 heavy (non-hydrogen) atoms. The van der Waals surface area contributed by atoms with Gasteiger partial charge in [0.2, 0.25) is 0 Å². The third-order valence-electron chi connectivity index (χ3n) is 5.63. The lowest BCUT2D eigenvalue weighted by molar-refractivity contribution is 0.0346. The Kier molecular flexibility index (Phi) is 6.82. The minimum atomic E-state index is 0.292. The van der Waals surface area contributed by atoms with E-state index in [1.165, 1.54) is 32.1 Å². The molecule has 0 aliphatic heterocycles. The van der Waals surface area contributed by atoms with Crippen molar-refractivity contribution >= 4 is 0 Å². The van der Waals surface area contributed by atoms with Gasteiger partial charge in [-0.1, -0.05) is 40.5 Å². The topological polar surface area (TPSA) is 15.3 Å².